The number of nitrogens with one attached hydrogen (secondary N) is 1. The number of carbonyl (C=O) groups is 3. The molecule has 1 unspecified atom stereocenters. The van der Waals surface area contributed by atoms with Crippen LogP contribution < -0.4 is 5.32 Å². The van der Waals surface area contributed by atoms with Crippen LogP contribution in [0.4, 0.5) is 5.69 Å². The Labute approximate surface area is 149 Å². The lowest BCUT2D eigenvalue weighted by Gasteiger charge is -2.15. The van der Waals surface area contributed by atoms with Crippen LogP contribution in [0.3, 0.4) is 0 Å². The van der Waals surface area contributed by atoms with Crippen molar-refractivity contribution in [2.24, 2.45) is 0 Å². The molecular formula is C16H18N2O4S2. The Morgan fingerprint density at radius 3 is 2.71 bits per heavy atom. The molecule has 0 aromatic heterocycles. The smallest absolute Gasteiger partial charge is 0.339 e. The van der Waals surface area contributed by atoms with Crippen LogP contribution in [-0.4, -0.2) is 45.9 Å². The third-order valence-corrected chi connectivity index (χ3v) is 5.30. The van der Waals surface area contributed by atoms with E-state index in [0.717, 1.165) is 0 Å². The lowest BCUT2D eigenvalue weighted by atomic mass is 10.1. The summed E-state index contributed by atoms with van der Waals surface area (Å²) in [5.41, 5.74) is 0.660. The quantitative estimate of drug-likeness (QED) is 0.616. The number of hydrogen-bond acceptors (Lipinski definition) is 6. The van der Waals surface area contributed by atoms with Gasteiger partial charge in [0, 0.05) is 13.0 Å². The second kappa shape index (κ2) is 8.25. The summed E-state index contributed by atoms with van der Waals surface area (Å²) in [4.78, 5) is 37.4. The molecule has 1 atom stereocenters. The minimum Gasteiger partial charge on any atom is -0.465 e. The summed E-state index contributed by atoms with van der Waals surface area (Å²) in [5.74, 6) is -0.869. The number of thiocarbonyl (C=S) groups is 1. The van der Waals surface area contributed by atoms with Crippen molar-refractivity contribution in [2.45, 2.75) is 25.0 Å². The number of thioether (sulfide) groups is 1. The summed E-state index contributed by atoms with van der Waals surface area (Å²) in [6.45, 7) is 2.16. The highest BCUT2D eigenvalue weighted by Crippen LogP contribution is 2.29. The van der Waals surface area contributed by atoms with E-state index in [9.17, 15) is 14.4 Å². The standard InChI is InChI=1S/C16H18N2O4S2/c1-3-12-14(20)18(16(23)24-12)9-8-13(19)17-11-7-5-4-6-10(11)15(21)22-2/h4-7,12H,3,8-9H2,1-2H3,(H,17,19). The van der Waals surface area contributed by atoms with Crippen LogP contribution in [0.1, 0.15) is 30.1 Å². The van der Waals surface area contributed by atoms with Crippen molar-refractivity contribution < 1.29 is 19.1 Å². The molecule has 0 spiro atoms. The molecule has 128 valence electrons. The van der Waals surface area contributed by atoms with E-state index in [1.165, 1.54) is 23.8 Å². The van der Waals surface area contributed by atoms with E-state index in [1.807, 2.05) is 6.92 Å². The van der Waals surface area contributed by atoms with E-state index in [1.54, 1.807) is 24.3 Å². The second-order valence-corrected chi connectivity index (χ2v) is 6.94. The normalized spacial score (nSPS) is 17.1. The van der Waals surface area contributed by atoms with Crippen molar-refractivity contribution in [1.82, 2.24) is 4.90 Å². The second-order valence-electron chi connectivity index (χ2n) is 5.11. The molecule has 1 heterocycles. The third-order valence-electron chi connectivity index (χ3n) is 3.54. The van der Waals surface area contributed by atoms with Gasteiger partial charge in [-0.1, -0.05) is 43.0 Å². The van der Waals surface area contributed by atoms with Crippen LogP contribution in [0.15, 0.2) is 24.3 Å². The number of hydrogen-bond donors (Lipinski definition) is 1. The van der Waals surface area contributed by atoms with Gasteiger partial charge in [0.05, 0.1) is 23.6 Å². The zero-order valence-corrected chi connectivity index (χ0v) is 15.0. The van der Waals surface area contributed by atoms with Gasteiger partial charge in [-0.25, -0.2) is 4.79 Å². The minimum atomic E-state index is -0.524. The first-order valence-electron chi connectivity index (χ1n) is 7.47. The van der Waals surface area contributed by atoms with Crippen molar-refractivity contribution in [3.8, 4) is 0 Å². The lowest BCUT2D eigenvalue weighted by molar-refractivity contribution is -0.126. The zero-order valence-electron chi connectivity index (χ0n) is 13.4. The topological polar surface area (TPSA) is 75.7 Å². The van der Waals surface area contributed by atoms with Crippen molar-refractivity contribution in [1.29, 1.82) is 0 Å². The number of anilines is 1. The van der Waals surface area contributed by atoms with Gasteiger partial charge in [0.25, 0.3) is 0 Å². The fourth-order valence-electron chi connectivity index (χ4n) is 2.27. The predicted octanol–water partition coefficient (Wildman–Crippen LogP) is 2.44. The van der Waals surface area contributed by atoms with Crippen molar-refractivity contribution in [3.63, 3.8) is 0 Å². The molecule has 0 aliphatic carbocycles. The SMILES string of the molecule is CCC1SC(=S)N(CCC(=O)Nc2ccccc2C(=O)OC)C1=O. The molecule has 8 heteroatoms. The fraction of sp³-hybridized carbons (Fsp3) is 0.375. The maximum absolute atomic E-state index is 12.1. The molecule has 24 heavy (non-hydrogen) atoms. The first-order valence-corrected chi connectivity index (χ1v) is 8.75. The van der Waals surface area contributed by atoms with Crippen LogP contribution in [0.25, 0.3) is 0 Å². The Hall–Kier alpha value is -1.93. The maximum Gasteiger partial charge on any atom is 0.339 e. The van der Waals surface area contributed by atoms with Crippen molar-refractivity contribution in [2.75, 3.05) is 19.0 Å². The summed E-state index contributed by atoms with van der Waals surface area (Å²) >= 11 is 6.55. The average Bonchev–Trinajstić information content (AvgIpc) is 2.86. The van der Waals surface area contributed by atoms with Gasteiger partial charge in [0.2, 0.25) is 11.8 Å². The number of ether oxygens (including phenoxy) is 1. The number of carbonyl (C=O) groups excluding carboxylic acids is 3. The number of rotatable bonds is 6. The van der Waals surface area contributed by atoms with Gasteiger partial charge in [-0.2, -0.15) is 0 Å². The molecule has 1 aliphatic heterocycles. The number of amides is 2. The summed E-state index contributed by atoms with van der Waals surface area (Å²) < 4.78 is 5.20. The Bertz CT molecular complexity index is 678. The number of nitrogens with zero attached hydrogens (tertiary/aromatic N) is 1. The van der Waals surface area contributed by atoms with E-state index in [-0.39, 0.29) is 35.6 Å². The number of para-hydroxylation sites is 1. The number of benzene rings is 1. The van der Waals surface area contributed by atoms with Crippen LogP contribution in [-0.2, 0) is 14.3 Å². The van der Waals surface area contributed by atoms with E-state index in [2.05, 4.69) is 10.1 Å². The van der Waals surface area contributed by atoms with E-state index >= 15 is 0 Å². The molecule has 2 rings (SSSR count). The first kappa shape index (κ1) is 18.4. The number of methoxy groups -OCH3 is 1. The van der Waals surface area contributed by atoms with Gasteiger partial charge < -0.3 is 10.1 Å². The predicted molar refractivity (Wildman–Crippen MR) is 97.0 cm³/mol. The molecule has 6 nitrogen and oxygen atoms in total. The Morgan fingerprint density at radius 2 is 2.08 bits per heavy atom. The van der Waals surface area contributed by atoms with Gasteiger partial charge in [-0.15, -0.1) is 0 Å². The van der Waals surface area contributed by atoms with Crippen LogP contribution in [0.2, 0.25) is 0 Å². The molecule has 1 aliphatic rings. The Balaban J connectivity index is 1.96. The average molecular weight is 366 g/mol. The molecule has 0 radical (unpaired) electrons. The van der Waals surface area contributed by atoms with E-state index in [4.69, 9.17) is 12.2 Å². The van der Waals surface area contributed by atoms with E-state index < -0.39 is 5.97 Å². The summed E-state index contributed by atoms with van der Waals surface area (Å²) in [6, 6.07) is 6.59. The summed E-state index contributed by atoms with van der Waals surface area (Å²) in [7, 11) is 1.28. The highest BCUT2D eigenvalue weighted by atomic mass is 32.2. The molecule has 1 N–H and O–H groups in total. The molecule has 0 saturated carbocycles. The molecule has 1 fully saturated rings. The molecule has 0 bridgehead atoms. The van der Waals surface area contributed by atoms with Gasteiger partial charge in [0.15, 0.2) is 0 Å². The highest BCUT2D eigenvalue weighted by molar-refractivity contribution is 8.24. The van der Waals surface area contributed by atoms with E-state index in [0.29, 0.717) is 16.4 Å². The van der Waals surface area contributed by atoms with Crippen molar-refractivity contribution >= 4 is 51.8 Å². The maximum atomic E-state index is 12.1. The Morgan fingerprint density at radius 1 is 1.38 bits per heavy atom. The number of esters is 1. The van der Waals surface area contributed by atoms with Gasteiger partial charge in [0.1, 0.15) is 4.32 Å². The molecule has 1 aromatic rings. The molecule has 2 amide bonds. The zero-order chi connectivity index (χ0) is 17.7. The van der Waals surface area contributed by atoms with Gasteiger partial charge in [-0.05, 0) is 18.6 Å². The Kier molecular flexibility index (Phi) is 6.33. The molecule has 1 saturated heterocycles. The van der Waals surface area contributed by atoms with Crippen molar-refractivity contribution in [3.05, 3.63) is 29.8 Å². The molecule has 1 aromatic carbocycles. The first-order chi connectivity index (χ1) is 11.5. The largest absolute Gasteiger partial charge is 0.465 e. The highest BCUT2D eigenvalue weighted by Gasteiger charge is 2.35. The summed E-state index contributed by atoms with van der Waals surface area (Å²) in [5, 5.41) is 2.52. The third kappa shape index (κ3) is 4.12. The van der Waals surface area contributed by atoms with Crippen LogP contribution in [0.5, 0.6) is 0 Å². The van der Waals surface area contributed by atoms with Crippen LogP contribution >= 0.6 is 24.0 Å². The molecular weight excluding hydrogens is 348 g/mol. The van der Waals surface area contributed by atoms with Gasteiger partial charge >= 0.3 is 5.97 Å². The summed E-state index contributed by atoms with van der Waals surface area (Å²) in [6.07, 6.45) is 0.803. The monoisotopic (exact) mass is 366 g/mol. The van der Waals surface area contributed by atoms with Gasteiger partial charge in [-0.3, -0.25) is 14.5 Å². The minimum absolute atomic E-state index is 0.0461. The fourth-order valence-corrected chi connectivity index (χ4v) is 3.74. The van der Waals surface area contributed by atoms with Crippen LogP contribution in [0, 0.1) is 0 Å². The lowest BCUT2D eigenvalue weighted by Crippen LogP contribution is -2.34.